The van der Waals surface area contributed by atoms with Crippen LogP contribution >= 0.6 is 11.6 Å². The van der Waals surface area contributed by atoms with E-state index in [2.05, 4.69) is 11.4 Å². The fraction of sp³-hybridized carbons (Fsp3) is 0.263. The number of carbonyl (C=O) groups is 2. The fourth-order valence-corrected chi connectivity index (χ4v) is 2.62. The highest BCUT2D eigenvalue weighted by atomic mass is 35.5. The molecule has 0 aromatic heterocycles. The van der Waals surface area contributed by atoms with Crippen molar-refractivity contribution in [3.8, 4) is 0 Å². The van der Waals surface area contributed by atoms with Crippen molar-refractivity contribution in [2.75, 3.05) is 6.54 Å². The van der Waals surface area contributed by atoms with Gasteiger partial charge in [0.2, 0.25) is 5.91 Å². The number of nitrogens with one attached hydrogen (secondary N) is 1. The van der Waals surface area contributed by atoms with Crippen LogP contribution in [0.25, 0.3) is 0 Å². The van der Waals surface area contributed by atoms with E-state index in [0.29, 0.717) is 6.42 Å². The standard InChI is InChI=1S/C19H19ClFNO2/c1-12-3-4-14(13(2)9-12)5-8-19(24)22-11-18(23)16-10-15(20)6-7-17(16)21/h3-4,6-7,9-10H,5,8,11H2,1-2H3,(H,22,24). The normalized spacial score (nSPS) is 10.5. The number of Topliss-reactive ketones (excluding diaryl/α,β-unsaturated/α-hetero) is 1. The third-order valence-corrected chi connectivity index (χ3v) is 4.03. The number of hydrogen-bond donors (Lipinski definition) is 1. The van der Waals surface area contributed by atoms with E-state index in [1.54, 1.807) is 0 Å². The molecule has 0 saturated heterocycles. The van der Waals surface area contributed by atoms with Gasteiger partial charge in [-0.3, -0.25) is 9.59 Å². The molecule has 0 unspecified atom stereocenters. The summed E-state index contributed by atoms with van der Waals surface area (Å²) in [4.78, 5) is 23.9. The number of aryl methyl sites for hydroxylation is 3. The maximum atomic E-state index is 13.6. The van der Waals surface area contributed by atoms with E-state index >= 15 is 0 Å². The lowest BCUT2D eigenvalue weighted by Gasteiger charge is -2.08. The maximum Gasteiger partial charge on any atom is 0.220 e. The average molecular weight is 348 g/mol. The van der Waals surface area contributed by atoms with E-state index in [9.17, 15) is 14.0 Å². The molecule has 2 aromatic rings. The van der Waals surface area contributed by atoms with Crippen molar-refractivity contribution in [1.82, 2.24) is 5.32 Å². The Labute approximate surface area is 145 Å². The highest BCUT2D eigenvalue weighted by Crippen LogP contribution is 2.15. The number of halogens is 2. The van der Waals surface area contributed by atoms with Gasteiger partial charge in [-0.15, -0.1) is 0 Å². The van der Waals surface area contributed by atoms with E-state index in [4.69, 9.17) is 11.6 Å². The van der Waals surface area contributed by atoms with Crippen LogP contribution in [0.1, 0.15) is 33.5 Å². The summed E-state index contributed by atoms with van der Waals surface area (Å²) in [6, 6.07) is 9.85. The summed E-state index contributed by atoms with van der Waals surface area (Å²) in [5.74, 6) is -1.39. The molecular formula is C19H19ClFNO2. The number of amides is 1. The van der Waals surface area contributed by atoms with E-state index in [-0.39, 0.29) is 29.5 Å². The second kappa shape index (κ2) is 8.06. The molecule has 0 bridgehead atoms. The topological polar surface area (TPSA) is 46.2 Å². The SMILES string of the molecule is Cc1ccc(CCC(=O)NCC(=O)c2cc(Cl)ccc2F)c(C)c1. The molecule has 2 aromatic carbocycles. The molecule has 0 spiro atoms. The van der Waals surface area contributed by atoms with Crippen molar-refractivity contribution in [2.24, 2.45) is 0 Å². The highest BCUT2D eigenvalue weighted by Gasteiger charge is 2.13. The molecule has 0 aliphatic heterocycles. The summed E-state index contributed by atoms with van der Waals surface area (Å²) in [6.07, 6.45) is 0.868. The maximum absolute atomic E-state index is 13.6. The molecule has 1 amide bonds. The van der Waals surface area contributed by atoms with Gasteiger partial charge in [0.15, 0.2) is 5.78 Å². The Morgan fingerprint density at radius 1 is 1.12 bits per heavy atom. The largest absolute Gasteiger partial charge is 0.349 e. The molecule has 24 heavy (non-hydrogen) atoms. The monoisotopic (exact) mass is 347 g/mol. The van der Waals surface area contributed by atoms with Gasteiger partial charge >= 0.3 is 0 Å². The average Bonchev–Trinajstić information content (AvgIpc) is 2.54. The minimum Gasteiger partial charge on any atom is -0.349 e. The Hall–Kier alpha value is -2.20. The molecule has 5 heteroatoms. The van der Waals surface area contributed by atoms with Gasteiger partial charge in [-0.2, -0.15) is 0 Å². The van der Waals surface area contributed by atoms with Gasteiger partial charge < -0.3 is 5.32 Å². The van der Waals surface area contributed by atoms with Gasteiger partial charge in [-0.05, 0) is 49.6 Å². The molecule has 2 rings (SSSR count). The predicted octanol–water partition coefficient (Wildman–Crippen LogP) is 4.03. The van der Waals surface area contributed by atoms with Crippen LogP contribution in [-0.4, -0.2) is 18.2 Å². The zero-order valence-corrected chi connectivity index (χ0v) is 14.4. The summed E-state index contributed by atoms with van der Waals surface area (Å²) in [7, 11) is 0. The van der Waals surface area contributed by atoms with Crippen molar-refractivity contribution in [3.05, 3.63) is 69.5 Å². The Bertz CT molecular complexity index is 774. The van der Waals surface area contributed by atoms with Crippen LogP contribution in [0.3, 0.4) is 0 Å². The van der Waals surface area contributed by atoms with Crippen LogP contribution in [-0.2, 0) is 11.2 Å². The first kappa shape index (κ1) is 18.1. The van der Waals surface area contributed by atoms with Gasteiger partial charge in [0.05, 0.1) is 12.1 Å². The zero-order valence-electron chi connectivity index (χ0n) is 13.7. The van der Waals surface area contributed by atoms with Crippen molar-refractivity contribution >= 4 is 23.3 Å². The lowest BCUT2D eigenvalue weighted by Crippen LogP contribution is -2.30. The van der Waals surface area contributed by atoms with Crippen molar-refractivity contribution < 1.29 is 14.0 Å². The smallest absolute Gasteiger partial charge is 0.220 e. The quantitative estimate of drug-likeness (QED) is 0.802. The number of hydrogen-bond acceptors (Lipinski definition) is 2. The number of rotatable bonds is 6. The second-order valence-corrected chi connectivity index (χ2v) is 6.19. The first-order chi connectivity index (χ1) is 11.4. The third kappa shape index (κ3) is 4.90. The Kier molecular flexibility index (Phi) is 6.10. The summed E-state index contributed by atoms with van der Waals surface area (Å²) < 4.78 is 13.6. The second-order valence-electron chi connectivity index (χ2n) is 5.75. The van der Waals surface area contributed by atoms with Gasteiger partial charge in [-0.1, -0.05) is 35.4 Å². The Morgan fingerprint density at radius 2 is 1.88 bits per heavy atom. The van der Waals surface area contributed by atoms with Gasteiger partial charge in [0, 0.05) is 11.4 Å². The first-order valence-corrected chi connectivity index (χ1v) is 8.05. The lowest BCUT2D eigenvalue weighted by molar-refractivity contribution is -0.120. The van der Waals surface area contributed by atoms with Crippen molar-refractivity contribution in [1.29, 1.82) is 0 Å². The molecular weight excluding hydrogens is 329 g/mol. The molecule has 1 N–H and O–H groups in total. The Morgan fingerprint density at radius 3 is 2.58 bits per heavy atom. The molecule has 0 atom stereocenters. The van der Waals surface area contributed by atoms with Gasteiger partial charge in [0.25, 0.3) is 0 Å². The third-order valence-electron chi connectivity index (χ3n) is 3.79. The van der Waals surface area contributed by atoms with Crippen LogP contribution in [0.2, 0.25) is 5.02 Å². The highest BCUT2D eigenvalue weighted by molar-refractivity contribution is 6.31. The Balaban J connectivity index is 1.86. The molecule has 0 saturated carbocycles. The van der Waals surface area contributed by atoms with Crippen LogP contribution in [0.4, 0.5) is 4.39 Å². The summed E-state index contributed by atoms with van der Waals surface area (Å²) >= 11 is 5.76. The van der Waals surface area contributed by atoms with E-state index < -0.39 is 11.6 Å². The molecule has 0 radical (unpaired) electrons. The van der Waals surface area contributed by atoms with E-state index in [1.165, 1.54) is 17.7 Å². The van der Waals surface area contributed by atoms with Crippen molar-refractivity contribution in [3.63, 3.8) is 0 Å². The van der Waals surface area contributed by atoms with Crippen LogP contribution in [0.15, 0.2) is 36.4 Å². The number of benzene rings is 2. The summed E-state index contributed by atoms with van der Waals surface area (Å²) in [5, 5.41) is 2.81. The van der Waals surface area contributed by atoms with Crippen molar-refractivity contribution in [2.45, 2.75) is 26.7 Å². The van der Waals surface area contributed by atoms with Crippen LogP contribution in [0.5, 0.6) is 0 Å². The lowest BCUT2D eigenvalue weighted by atomic mass is 10.0. The predicted molar refractivity (Wildman–Crippen MR) is 93.0 cm³/mol. The minimum absolute atomic E-state index is 0.114. The first-order valence-electron chi connectivity index (χ1n) is 7.68. The number of ketones is 1. The van der Waals surface area contributed by atoms with E-state index in [0.717, 1.165) is 17.2 Å². The summed E-state index contributed by atoms with van der Waals surface area (Å²) in [5.41, 5.74) is 3.30. The van der Waals surface area contributed by atoms with Crippen LogP contribution < -0.4 is 5.32 Å². The summed E-state index contributed by atoms with van der Waals surface area (Å²) in [6.45, 7) is 3.78. The minimum atomic E-state index is -0.645. The van der Waals surface area contributed by atoms with Gasteiger partial charge in [-0.25, -0.2) is 4.39 Å². The molecule has 0 aliphatic carbocycles. The molecule has 0 fully saturated rings. The molecule has 3 nitrogen and oxygen atoms in total. The zero-order chi connectivity index (χ0) is 17.7. The van der Waals surface area contributed by atoms with Gasteiger partial charge in [0.1, 0.15) is 5.82 Å². The molecule has 0 aliphatic rings. The van der Waals surface area contributed by atoms with Crippen LogP contribution in [0, 0.1) is 19.7 Å². The number of carbonyl (C=O) groups excluding carboxylic acids is 2. The molecule has 0 heterocycles. The fourth-order valence-electron chi connectivity index (χ4n) is 2.45. The molecule has 126 valence electrons. The van der Waals surface area contributed by atoms with E-state index in [1.807, 2.05) is 26.0 Å².